The van der Waals surface area contributed by atoms with Gasteiger partial charge in [0.25, 0.3) is 0 Å². The molecule has 0 aliphatic heterocycles. The minimum atomic E-state index is -7.15. The minimum Gasteiger partial charge on any atom is -0.493 e. The van der Waals surface area contributed by atoms with Crippen molar-refractivity contribution in [2.45, 2.75) is 43.6 Å². The zero-order valence-corrected chi connectivity index (χ0v) is 23.6. The summed E-state index contributed by atoms with van der Waals surface area (Å²) >= 11 is 0. The summed E-state index contributed by atoms with van der Waals surface area (Å²) in [6, 6.07) is 11.5. The van der Waals surface area contributed by atoms with Gasteiger partial charge in [-0.25, -0.2) is 9.59 Å². The molecule has 0 fully saturated rings. The van der Waals surface area contributed by atoms with Gasteiger partial charge in [0.15, 0.2) is 17.6 Å². The number of carbonyl (C=O) groups excluding carboxylic acids is 1. The van der Waals surface area contributed by atoms with E-state index in [0.29, 0.717) is 10.5 Å². The molecule has 0 aliphatic rings. The SMILES string of the molecule is CCOC(Cc1ccc(OCCN(CCOC(F)(F)C(F)(F)C(F)(F)C(F)(F)F)C(=O)Oc2ccccc2OC)cc1)C(=O)O. The van der Waals surface area contributed by atoms with Gasteiger partial charge in [-0.1, -0.05) is 24.3 Å². The molecule has 0 saturated carbocycles. The molecule has 2 aromatic rings. The van der Waals surface area contributed by atoms with Crippen molar-refractivity contribution in [2.75, 3.05) is 40.0 Å². The molecule has 18 heteroatoms. The summed E-state index contributed by atoms with van der Waals surface area (Å²) < 4.78 is 142. The Balaban J connectivity index is 2.13. The van der Waals surface area contributed by atoms with E-state index in [0.717, 1.165) is 0 Å². The van der Waals surface area contributed by atoms with E-state index in [1.54, 1.807) is 6.92 Å². The molecule has 1 N–H and O–H groups in total. The van der Waals surface area contributed by atoms with Gasteiger partial charge in [0.2, 0.25) is 0 Å². The minimum absolute atomic E-state index is 0.0323. The van der Waals surface area contributed by atoms with Gasteiger partial charge in [-0.2, -0.15) is 39.5 Å². The molecule has 9 nitrogen and oxygen atoms in total. The van der Waals surface area contributed by atoms with E-state index in [2.05, 4.69) is 4.74 Å². The summed E-state index contributed by atoms with van der Waals surface area (Å²) in [7, 11) is 1.23. The molecule has 0 spiro atoms. The van der Waals surface area contributed by atoms with Crippen molar-refractivity contribution in [1.82, 2.24) is 4.90 Å². The number of carboxylic acids is 1. The fourth-order valence-electron chi connectivity index (χ4n) is 3.52. The van der Waals surface area contributed by atoms with Crippen LogP contribution < -0.4 is 14.2 Å². The molecule has 0 radical (unpaired) electrons. The van der Waals surface area contributed by atoms with Crippen LogP contribution in [-0.4, -0.2) is 92.3 Å². The first-order valence-electron chi connectivity index (χ1n) is 12.9. The Hall–Kier alpha value is -3.93. The number of aliphatic carboxylic acids is 1. The highest BCUT2D eigenvalue weighted by Gasteiger charge is 2.82. The van der Waals surface area contributed by atoms with Crippen LogP contribution in [0.1, 0.15) is 12.5 Å². The monoisotopic (exact) mass is 665 g/mol. The summed E-state index contributed by atoms with van der Waals surface area (Å²) in [6.07, 6.45) is -15.7. The first-order valence-corrected chi connectivity index (χ1v) is 12.9. The van der Waals surface area contributed by atoms with Gasteiger partial charge in [-0.05, 0) is 36.8 Å². The maximum absolute atomic E-state index is 13.8. The van der Waals surface area contributed by atoms with Crippen molar-refractivity contribution in [1.29, 1.82) is 0 Å². The zero-order chi connectivity index (χ0) is 34.1. The average molecular weight is 666 g/mol. The predicted octanol–water partition coefficient (Wildman–Crippen LogP) is 6.05. The Morgan fingerprint density at radius 2 is 1.42 bits per heavy atom. The molecule has 0 aromatic heterocycles. The van der Waals surface area contributed by atoms with Crippen LogP contribution in [0, 0.1) is 0 Å². The highest BCUT2D eigenvalue weighted by atomic mass is 19.4. The number of halogens is 9. The second-order valence-corrected chi connectivity index (χ2v) is 9.00. The van der Waals surface area contributed by atoms with Crippen LogP contribution in [0.3, 0.4) is 0 Å². The molecule has 1 amide bonds. The van der Waals surface area contributed by atoms with E-state index in [-0.39, 0.29) is 30.3 Å². The summed E-state index contributed by atoms with van der Waals surface area (Å²) in [4.78, 5) is 24.6. The van der Waals surface area contributed by atoms with Gasteiger partial charge in [0.1, 0.15) is 12.4 Å². The first kappa shape index (κ1) is 37.3. The Bertz CT molecular complexity index is 1260. The Morgan fingerprint density at radius 1 is 0.844 bits per heavy atom. The van der Waals surface area contributed by atoms with Gasteiger partial charge < -0.3 is 33.7 Å². The molecule has 2 rings (SSSR count). The number of hydrogen-bond donors (Lipinski definition) is 1. The number of carbonyl (C=O) groups is 2. The number of carboxylic acid groups (broad SMARTS) is 1. The van der Waals surface area contributed by atoms with Crippen molar-refractivity contribution >= 4 is 12.1 Å². The van der Waals surface area contributed by atoms with E-state index < -0.39 is 68.6 Å². The molecular formula is C27H28F9NO8. The van der Waals surface area contributed by atoms with Crippen LogP contribution in [-0.2, 0) is 20.7 Å². The Labute approximate surface area is 250 Å². The smallest absolute Gasteiger partial charge is 0.460 e. The fraction of sp³-hybridized carbons (Fsp3) is 0.481. The molecule has 45 heavy (non-hydrogen) atoms. The highest BCUT2D eigenvalue weighted by molar-refractivity contribution is 5.73. The van der Waals surface area contributed by atoms with E-state index in [1.165, 1.54) is 55.6 Å². The largest absolute Gasteiger partial charge is 0.493 e. The van der Waals surface area contributed by atoms with Crippen LogP contribution in [0.15, 0.2) is 48.5 Å². The number of nitrogens with zero attached hydrogens (tertiary/aromatic N) is 1. The first-order chi connectivity index (χ1) is 20.9. The molecule has 252 valence electrons. The fourth-order valence-corrected chi connectivity index (χ4v) is 3.52. The van der Waals surface area contributed by atoms with E-state index >= 15 is 0 Å². The summed E-state index contributed by atoms with van der Waals surface area (Å²) in [6.45, 7) is -1.79. The van der Waals surface area contributed by atoms with Crippen LogP contribution in [0.5, 0.6) is 17.2 Å². The van der Waals surface area contributed by atoms with Gasteiger partial charge in [-0.3, -0.25) is 0 Å². The molecular weight excluding hydrogens is 637 g/mol. The highest BCUT2D eigenvalue weighted by Crippen LogP contribution is 2.53. The standard InChI is InChI=1S/C27H28F9NO8/c1-3-42-21(22(38)39)16-17-8-10-18(11-9-17)43-14-12-37(23(40)45-20-7-5-4-6-19(20)41-2)13-15-44-27(35,36)25(30,31)24(28,29)26(32,33)34/h4-11,21H,3,12-16H2,1-2H3,(H,38,39). The Kier molecular flexibility index (Phi) is 12.7. The van der Waals surface area contributed by atoms with Gasteiger partial charge >= 0.3 is 36.2 Å². The van der Waals surface area contributed by atoms with Gasteiger partial charge in [0, 0.05) is 19.6 Å². The summed E-state index contributed by atoms with van der Waals surface area (Å²) in [5.41, 5.74) is 0.566. The lowest BCUT2D eigenvalue weighted by Gasteiger charge is -2.33. The van der Waals surface area contributed by atoms with Crippen LogP contribution in [0.25, 0.3) is 0 Å². The molecule has 0 heterocycles. The number of ether oxygens (including phenoxy) is 5. The number of methoxy groups -OCH3 is 1. The molecule has 1 unspecified atom stereocenters. The lowest BCUT2D eigenvalue weighted by atomic mass is 10.1. The second kappa shape index (κ2) is 15.4. The number of hydrogen-bond acceptors (Lipinski definition) is 7. The van der Waals surface area contributed by atoms with Crippen molar-refractivity contribution in [3.8, 4) is 17.2 Å². The maximum Gasteiger partial charge on any atom is 0.460 e. The average Bonchev–Trinajstić information content (AvgIpc) is 2.96. The number of amides is 1. The zero-order valence-electron chi connectivity index (χ0n) is 23.6. The summed E-state index contributed by atoms with van der Waals surface area (Å²) in [5.74, 6) is -15.2. The number of para-hydroxylation sites is 2. The van der Waals surface area contributed by atoms with Crippen LogP contribution >= 0.6 is 0 Å². The van der Waals surface area contributed by atoms with Crippen molar-refractivity contribution in [3.05, 3.63) is 54.1 Å². The normalized spacial score (nSPS) is 13.2. The molecule has 0 saturated heterocycles. The predicted molar refractivity (Wildman–Crippen MR) is 136 cm³/mol. The lowest BCUT2D eigenvalue weighted by molar-refractivity contribution is -0.443. The third-order valence-corrected chi connectivity index (χ3v) is 5.90. The van der Waals surface area contributed by atoms with Gasteiger partial charge in [-0.15, -0.1) is 0 Å². The van der Waals surface area contributed by atoms with Crippen molar-refractivity contribution in [2.24, 2.45) is 0 Å². The van der Waals surface area contributed by atoms with Crippen LogP contribution in [0.4, 0.5) is 44.3 Å². The van der Waals surface area contributed by atoms with Gasteiger partial charge in [0.05, 0.1) is 20.3 Å². The molecule has 0 aliphatic carbocycles. The number of rotatable bonds is 17. The molecule has 2 aromatic carbocycles. The third-order valence-electron chi connectivity index (χ3n) is 5.90. The van der Waals surface area contributed by atoms with E-state index in [1.807, 2.05) is 0 Å². The van der Waals surface area contributed by atoms with E-state index in [9.17, 15) is 54.2 Å². The number of alkyl halides is 9. The second-order valence-electron chi connectivity index (χ2n) is 9.00. The topological polar surface area (TPSA) is 104 Å². The number of benzene rings is 2. The summed E-state index contributed by atoms with van der Waals surface area (Å²) in [5, 5.41) is 9.20. The third kappa shape index (κ3) is 9.53. The van der Waals surface area contributed by atoms with Crippen LogP contribution in [0.2, 0.25) is 0 Å². The van der Waals surface area contributed by atoms with Crippen molar-refractivity contribution < 1.29 is 77.9 Å². The Morgan fingerprint density at radius 3 is 1.96 bits per heavy atom. The van der Waals surface area contributed by atoms with E-state index in [4.69, 9.17) is 18.9 Å². The molecule has 0 bridgehead atoms. The quantitative estimate of drug-likeness (QED) is 0.204. The maximum atomic E-state index is 13.8. The molecule has 1 atom stereocenters. The lowest BCUT2D eigenvalue weighted by Crippen LogP contribution is -2.62. The van der Waals surface area contributed by atoms with Crippen molar-refractivity contribution in [3.63, 3.8) is 0 Å².